The number of hydrogen-bond donors (Lipinski definition) is 0. The number of rotatable bonds is 0. The normalized spacial score (nSPS) is 11.1. The zero-order valence-electron chi connectivity index (χ0n) is 11.3. The van der Waals surface area contributed by atoms with Crippen molar-refractivity contribution >= 4 is 27.3 Å². The van der Waals surface area contributed by atoms with Gasteiger partial charge in [-0.1, -0.05) is 23.1 Å². The van der Waals surface area contributed by atoms with Crippen LogP contribution in [0.5, 0.6) is 0 Å². The van der Waals surface area contributed by atoms with Crippen molar-refractivity contribution in [2.45, 2.75) is 13.8 Å². The zero-order chi connectivity index (χ0) is 13.0. The molecule has 0 atom stereocenters. The maximum absolute atomic E-state index is 4.49. The SMILES string of the molecule is Cc1cc(C)c2c(c1)c1ccc[c-]c1c1nccn12.[Ir]. The Balaban J connectivity index is 0.00000121. The molecule has 2 nitrogen and oxygen atoms in total. The van der Waals surface area contributed by atoms with E-state index in [0.29, 0.717) is 0 Å². The Morgan fingerprint density at radius 2 is 2.00 bits per heavy atom. The van der Waals surface area contributed by atoms with Crippen molar-refractivity contribution in [1.82, 2.24) is 9.38 Å². The van der Waals surface area contributed by atoms with E-state index >= 15 is 0 Å². The van der Waals surface area contributed by atoms with Gasteiger partial charge in [0.05, 0.1) is 5.65 Å². The van der Waals surface area contributed by atoms with Crippen LogP contribution in [0.1, 0.15) is 11.1 Å². The molecule has 2 aromatic carbocycles. The molecule has 0 unspecified atom stereocenters. The number of nitrogens with zero attached hydrogens (tertiary/aromatic N) is 2. The first-order valence-corrected chi connectivity index (χ1v) is 6.42. The summed E-state index contributed by atoms with van der Waals surface area (Å²) in [5.41, 5.74) is 4.79. The summed E-state index contributed by atoms with van der Waals surface area (Å²) in [5, 5.41) is 3.59. The van der Waals surface area contributed by atoms with Crippen LogP contribution >= 0.6 is 0 Å². The quantitative estimate of drug-likeness (QED) is 0.300. The molecule has 0 aliphatic carbocycles. The summed E-state index contributed by atoms with van der Waals surface area (Å²) in [4.78, 5) is 4.49. The molecule has 0 amide bonds. The number of aromatic nitrogens is 2. The van der Waals surface area contributed by atoms with Gasteiger partial charge < -0.3 is 4.40 Å². The largest absolute Gasteiger partial charge is 0.340 e. The molecule has 2 aromatic heterocycles. The topological polar surface area (TPSA) is 17.3 Å². The molecule has 4 rings (SSSR count). The molecular weight excluding hydrogens is 424 g/mol. The molecule has 0 bridgehead atoms. The molecule has 3 heteroatoms. The number of benzene rings is 2. The van der Waals surface area contributed by atoms with Gasteiger partial charge in [-0.05, 0) is 24.8 Å². The first-order chi connectivity index (χ1) is 9.25. The second-order valence-electron chi connectivity index (χ2n) is 5.06. The smallest absolute Gasteiger partial charge is 0.0608 e. The average Bonchev–Trinajstić information content (AvgIpc) is 2.87. The molecule has 0 saturated carbocycles. The Morgan fingerprint density at radius 3 is 2.85 bits per heavy atom. The van der Waals surface area contributed by atoms with E-state index in [1.54, 1.807) is 0 Å². The van der Waals surface area contributed by atoms with Gasteiger partial charge in [0.15, 0.2) is 0 Å². The van der Waals surface area contributed by atoms with E-state index in [1.165, 1.54) is 27.4 Å². The van der Waals surface area contributed by atoms with E-state index in [9.17, 15) is 0 Å². The second-order valence-corrected chi connectivity index (χ2v) is 5.06. The third kappa shape index (κ3) is 1.71. The van der Waals surface area contributed by atoms with Crippen LogP contribution in [0, 0.1) is 19.9 Å². The number of imidazole rings is 1. The molecular formula is C17H13IrN2-. The van der Waals surface area contributed by atoms with Gasteiger partial charge in [-0.15, -0.1) is 29.7 Å². The Morgan fingerprint density at radius 1 is 1.15 bits per heavy atom. The second kappa shape index (κ2) is 4.69. The maximum Gasteiger partial charge on any atom is 0.0608 e. The zero-order valence-corrected chi connectivity index (χ0v) is 13.7. The summed E-state index contributed by atoms with van der Waals surface area (Å²) in [5.74, 6) is 0. The number of aryl methyl sites for hydroxylation is 2. The van der Waals surface area contributed by atoms with Gasteiger partial charge in [-0.2, -0.15) is 0 Å². The van der Waals surface area contributed by atoms with Crippen LogP contribution in [-0.2, 0) is 20.1 Å². The summed E-state index contributed by atoms with van der Waals surface area (Å²) in [6, 6.07) is 13.9. The van der Waals surface area contributed by atoms with Gasteiger partial charge in [0.1, 0.15) is 0 Å². The van der Waals surface area contributed by atoms with Gasteiger partial charge in [-0.3, -0.25) is 4.98 Å². The fraction of sp³-hybridized carbons (Fsp3) is 0.118. The van der Waals surface area contributed by atoms with E-state index in [-0.39, 0.29) is 20.1 Å². The van der Waals surface area contributed by atoms with Crippen LogP contribution in [0.15, 0.2) is 42.7 Å². The molecule has 0 fully saturated rings. The Hall–Kier alpha value is -1.70. The van der Waals surface area contributed by atoms with E-state index in [0.717, 1.165) is 11.0 Å². The fourth-order valence-corrected chi connectivity index (χ4v) is 3.00. The van der Waals surface area contributed by atoms with Crippen molar-refractivity contribution in [3.63, 3.8) is 0 Å². The number of fused-ring (bicyclic) bond motifs is 6. The summed E-state index contributed by atoms with van der Waals surface area (Å²) in [7, 11) is 0. The number of hydrogen-bond acceptors (Lipinski definition) is 1. The molecule has 0 aliphatic heterocycles. The standard InChI is InChI=1S/C17H13N2.Ir/c1-11-9-12(2)16-15(10-11)13-5-3-4-6-14(13)17-18-7-8-19(16)17;/h3-5,7-10H,1-2H3;/q-1;. The molecule has 0 saturated heterocycles. The predicted molar refractivity (Wildman–Crippen MR) is 78.5 cm³/mol. The fourth-order valence-electron chi connectivity index (χ4n) is 3.00. The van der Waals surface area contributed by atoms with Crippen molar-refractivity contribution in [3.05, 3.63) is 59.9 Å². The van der Waals surface area contributed by atoms with Gasteiger partial charge >= 0.3 is 0 Å². The summed E-state index contributed by atoms with van der Waals surface area (Å²) >= 11 is 0. The van der Waals surface area contributed by atoms with Crippen molar-refractivity contribution in [2.24, 2.45) is 0 Å². The van der Waals surface area contributed by atoms with Crippen LogP contribution in [0.2, 0.25) is 0 Å². The van der Waals surface area contributed by atoms with Crippen LogP contribution in [0.3, 0.4) is 0 Å². The molecule has 101 valence electrons. The van der Waals surface area contributed by atoms with Gasteiger partial charge in [0, 0.05) is 38.0 Å². The van der Waals surface area contributed by atoms with Crippen LogP contribution in [-0.4, -0.2) is 9.38 Å². The van der Waals surface area contributed by atoms with Crippen LogP contribution in [0.4, 0.5) is 0 Å². The third-order valence-corrected chi connectivity index (χ3v) is 3.70. The minimum absolute atomic E-state index is 0. The molecule has 1 radical (unpaired) electrons. The Bertz CT molecular complexity index is 938. The minimum Gasteiger partial charge on any atom is -0.340 e. The van der Waals surface area contributed by atoms with Crippen molar-refractivity contribution in [3.8, 4) is 0 Å². The molecule has 0 N–H and O–H groups in total. The Kier molecular flexibility index (Phi) is 3.12. The molecule has 4 aromatic rings. The molecule has 0 aliphatic rings. The predicted octanol–water partition coefficient (Wildman–Crippen LogP) is 4.06. The van der Waals surface area contributed by atoms with E-state index < -0.39 is 0 Å². The first-order valence-electron chi connectivity index (χ1n) is 6.42. The molecule has 0 spiro atoms. The van der Waals surface area contributed by atoms with Crippen molar-refractivity contribution < 1.29 is 20.1 Å². The summed E-state index contributed by atoms with van der Waals surface area (Å²) in [6.45, 7) is 4.30. The van der Waals surface area contributed by atoms with Crippen molar-refractivity contribution in [2.75, 3.05) is 0 Å². The molecule has 20 heavy (non-hydrogen) atoms. The van der Waals surface area contributed by atoms with E-state index in [4.69, 9.17) is 0 Å². The average molecular weight is 438 g/mol. The maximum atomic E-state index is 4.49. The summed E-state index contributed by atoms with van der Waals surface area (Å²) in [6.07, 6.45) is 3.88. The van der Waals surface area contributed by atoms with Crippen LogP contribution < -0.4 is 0 Å². The summed E-state index contributed by atoms with van der Waals surface area (Å²) < 4.78 is 2.17. The van der Waals surface area contributed by atoms with Gasteiger partial charge in [0.2, 0.25) is 0 Å². The molecule has 2 heterocycles. The minimum atomic E-state index is 0. The van der Waals surface area contributed by atoms with Crippen LogP contribution in [0.25, 0.3) is 27.3 Å². The van der Waals surface area contributed by atoms with Gasteiger partial charge in [0.25, 0.3) is 0 Å². The third-order valence-electron chi connectivity index (χ3n) is 3.70. The van der Waals surface area contributed by atoms with E-state index in [1.807, 2.05) is 24.5 Å². The van der Waals surface area contributed by atoms with Gasteiger partial charge in [-0.25, -0.2) is 0 Å². The number of pyridine rings is 1. The van der Waals surface area contributed by atoms with E-state index in [2.05, 4.69) is 47.5 Å². The van der Waals surface area contributed by atoms with Crippen molar-refractivity contribution in [1.29, 1.82) is 0 Å². The Labute approximate surface area is 130 Å². The monoisotopic (exact) mass is 438 g/mol. The first kappa shape index (κ1) is 13.3.